The second-order valence-electron chi connectivity index (χ2n) is 6.09. The van der Waals surface area contributed by atoms with Gasteiger partial charge in [0.1, 0.15) is 22.9 Å². The molecule has 1 unspecified atom stereocenters. The van der Waals surface area contributed by atoms with Crippen LogP contribution in [-0.2, 0) is 5.60 Å². The molecule has 3 N–H and O–H groups in total. The van der Waals surface area contributed by atoms with Crippen LogP contribution in [0.25, 0.3) is 0 Å². The van der Waals surface area contributed by atoms with Gasteiger partial charge >= 0.3 is 6.03 Å². The molecule has 0 aliphatic heterocycles. The van der Waals surface area contributed by atoms with Gasteiger partial charge in [-0.05, 0) is 57.5 Å². The van der Waals surface area contributed by atoms with Crippen molar-refractivity contribution in [2.24, 2.45) is 0 Å². The number of furan rings is 1. The molecule has 2 rings (SSSR count). The molecule has 0 bridgehead atoms. The first kappa shape index (κ1) is 17.9. The molecule has 1 aromatic carbocycles. The van der Waals surface area contributed by atoms with Crippen LogP contribution in [0.4, 0.5) is 10.5 Å². The molecular formula is C18H24N2O4. The van der Waals surface area contributed by atoms with Crippen LogP contribution >= 0.6 is 0 Å². The standard InChI is InChI=1S/C18H24N2O4/c1-11-8-14(6-7-16(11)23-5)20-17(21)19-10-18(4,22)15-9-12(2)24-13(15)3/h6-9,22H,10H2,1-5H3,(H2,19,20,21). The van der Waals surface area contributed by atoms with E-state index < -0.39 is 11.6 Å². The van der Waals surface area contributed by atoms with Crippen molar-refractivity contribution in [2.75, 3.05) is 19.0 Å². The van der Waals surface area contributed by atoms with Crippen molar-refractivity contribution >= 4 is 11.7 Å². The van der Waals surface area contributed by atoms with Crippen molar-refractivity contribution < 1.29 is 19.1 Å². The minimum absolute atomic E-state index is 0.0633. The lowest BCUT2D eigenvalue weighted by molar-refractivity contribution is 0.0584. The summed E-state index contributed by atoms with van der Waals surface area (Å²) in [4.78, 5) is 12.1. The van der Waals surface area contributed by atoms with E-state index in [1.54, 1.807) is 39.2 Å². The molecule has 0 saturated heterocycles. The molecule has 24 heavy (non-hydrogen) atoms. The number of hydrogen-bond acceptors (Lipinski definition) is 4. The summed E-state index contributed by atoms with van der Waals surface area (Å²) in [6, 6.07) is 6.76. The van der Waals surface area contributed by atoms with Gasteiger partial charge in [0.25, 0.3) is 0 Å². The van der Waals surface area contributed by atoms with Gasteiger partial charge in [-0.3, -0.25) is 0 Å². The van der Waals surface area contributed by atoms with Gasteiger partial charge in [0, 0.05) is 11.3 Å². The Bertz CT molecular complexity index is 735. The molecule has 130 valence electrons. The summed E-state index contributed by atoms with van der Waals surface area (Å²) >= 11 is 0. The number of rotatable bonds is 5. The van der Waals surface area contributed by atoms with Crippen LogP contribution < -0.4 is 15.4 Å². The molecule has 6 nitrogen and oxygen atoms in total. The Hall–Kier alpha value is -2.47. The molecule has 1 atom stereocenters. The van der Waals surface area contributed by atoms with Crippen molar-refractivity contribution in [2.45, 2.75) is 33.3 Å². The number of anilines is 1. The van der Waals surface area contributed by atoms with Gasteiger partial charge in [0.2, 0.25) is 0 Å². The highest BCUT2D eigenvalue weighted by Crippen LogP contribution is 2.26. The van der Waals surface area contributed by atoms with Gasteiger partial charge in [0.05, 0.1) is 13.7 Å². The molecule has 2 amide bonds. The summed E-state index contributed by atoms with van der Waals surface area (Å²) in [5.74, 6) is 2.13. The summed E-state index contributed by atoms with van der Waals surface area (Å²) in [7, 11) is 1.60. The predicted molar refractivity (Wildman–Crippen MR) is 92.5 cm³/mol. The Morgan fingerprint density at radius 2 is 2.00 bits per heavy atom. The van der Waals surface area contributed by atoms with E-state index in [0.29, 0.717) is 17.0 Å². The van der Waals surface area contributed by atoms with E-state index in [2.05, 4.69) is 10.6 Å². The highest BCUT2D eigenvalue weighted by Gasteiger charge is 2.28. The number of amides is 2. The van der Waals surface area contributed by atoms with E-state index in [0.717, 1.165) is 17.1 Å². The van der Waals surface area contributed by atoms with Gasteiger partial charge in [-0.15, -0.1) is 0 Å². The van der Waals surface area contributed by atoms with Gasteiger partial charge in [-0.1, -0.05) is 0 Å². The van der Waals surface area contributed by atoms with Crippen LogP contribution in [0, 0.1) is 20.8 Å². The molecule has 6 heteroatoms. The summed E-state index contributed by atoms with van der Waals surface area (Å²) in [5, 5.41) is 16.0. The lowest BCUT2D eigenvalue weighted by Gasteiger charge is -2.23. The molecule has 0 aliphatic rings. The van der Waals surface area contributed by atoms with Crippen LogP contribution in [0.2, 0.25) is 0 Å². The van der Waals surface area contributed by atoms with E-state index in [4.69, 9.17) is 9.15 Å². The lowest BCUT2D eigenvalue weighted by atomic mass is 9.96. The van der Waals surface area contributed by atoms with Crippen molar-refractivity contribution in [1.29, 1.82) is 0 Å². The summed E-state index contributed by atoms with van der Waals surface area (Å²) in [5.41, 5.74) is 1.03. The van der Waals surface area contributed by atoms with E-state index in [-0.39, 0.29) is 6.54 Å². The Morgan fingerprint density at radius 3 is 2.54 bits per heavy atom. The molecule has 2 aromatic rings. The highest BCUT2D eigenvalue weighted by molar-refractivity contribution is 5.89. The Balaban J connectivity index is 1.97. The first-order valence-electron chi connectivity index (χ1n) is 7.72. The molecule has 0 fully saturated rings. The smallest absolute Gasteiger partial charge is 0.319 e. The Labute approximate surface area is 141 Å². The molecule has 0 radical (unpaired) electrons. The second kappa shape index (κ2) is 6.97. The van der Waals surface area contributed by atoms with Crippen LogP contribution in [0.5, 0.6) is 5.75 Å². The molecule has 0 saturated carbocycles. The number of urea groups is 1. The fraction of sp³-hybridized carbons (Fsp3) is 0.389. The fourth-order valence-electron chi connectivity index (χ4n) is 2.64. The largest absolute Gasteiger partial charge is 0.496 e. The summed E-state index contributed by atoms with van der Waals surface area (Å²) < 4.78 is 10.6. The number of aryl methyl sites for hydroxylation is 3. The normalized spacial score (nSPS) is 13.2. The van der Waals surface area contributed by atoms with Gasteiger partial charge < -0.3 is 24.9 Å². The molecule has 1 heterocycles. The predicted octanol–water partition coefficient (Wildman–Crippen LogP) is 3.24. The number of methoxy groups -OCH3 is 1. The highest BCUT2D eigenvalue weighted by atomic mass is 16.5. The number of aliphatic hydroxyl groups is 1. The number of nitrogens with one attached hydrogen (secondary N) is 2. The average Bonchev–Trinajstić information content (AvgIpc) is 2.85. The minimum atomic E-state index is -1.21. The first-order valence-corrected chi connectivity index (χ1v) is 7.72. The van der Waals surface area contributed by atoms with E-state index >= 15 is 0 Å². The minimum Gasteiger partial charge on any atom is -0.496 e. The maximum absolute atomic E-state index is 12.1. The van der Waals surface area contributed by atoms with Crippen LogP contribution in [0.1, 0.15) is 29.6 Å². The van der Waals surface area contributed by atoms with Gasteiger partial charge in [0.15, 0.2) is 0 Å². The Kier molecular flexibility index (Phi) is 5.19. The second-order valence-corrected chi connectivity index (χ2v) is 6.09. The fourth-order valence-corrected chi connectivity index (χ4v) is 2.64. The summed E-state index contributed by atoms with van der Waals surface area (Å²) in [6.07, 6.45) is 0. The topological polar surface area (TPSA) is 83.7 Å². The zero-order valence-electron chi connectivity index (χ0n) is 14.7. The van der Waals surface area contributed by atoms with Crippen LogP contribution in [0.15, 0.2) is 28.7 Å². The quantitative estimate of drug-likeness (QED) is 0.785. The zero-order valence-corrected chi connectivity index (χ0v) is 14.7. The van der Waals surface area contributed by atoms with Crippen molar-refractivity contribution in [3.05, 3.63) is 46.9 Å². The number of carbonyl (C=O) groups excluding carboxylic acids is 1. The van der Waals surface area contributed by atoms with E-state index in [1.165, 1.54) is 0 Å². The third-order valence-electron chi connectivity index (χ3n) is 3.87. The lowest BCUT2D eigenvalue weighted by Crippen LogP contribution is -2.40. The maximum atomic E-state index is 12.1. The van der Waals surface area contributed by atoms with Crippen LogP contribution in [-0.4, -0.2) is 24.8 Å². The van der Waals surface area contributed by atoms with Crippen molar-refractivity contribution in [3.8, 4) is 5.75 Å². The number of ether oxygens (including phenoxy) is 1. The zero-order chi connectivity index (χ0) is 17.9. The molecule has 0 spiro atoms. The molecule has 1 aromatic heterocycles. The van der Waals surface area contributed by atoms with Crippen LogP contribution in [0.3, 0.4) is 0 Å². The van der Waals surface area contributed by atoms with Gasteiger partial charge in [-0.25, -0.2) is 4.79 Å². The Morgan fingerprint density at radius 1 is 1.29 bits per heavy atom. The van der Waals surface area contributed by atoms with Crippen molar-refractivity contribution in [1.82, 2.24) is 5.32 Å². The van der Waals surface area contributed by atoms with E-state index in [9.17, 15) is 9.90 Å². The van der Waals surface area contributed by atoms with Crippen molar-refractivity contribution in [3.63, 3.8) is 0 Å². The monoisotopic (exact) mass is 332 g/mol. The SMILES string of the molecule is COc1ccc(NC(=O)NCC(C)(O)c2cc(C)oc2C)cc1C. The number of benzene rings is 1. The maximum Gasteiger partial charge on any atom is 0.319 e. The third kappa shape index (κ3) is 4.08. The number of carbonyl (C=O) groups is 1. The molecule has 0 aliphatic carbocycles. The van der Waals surface area contributed by atoms with E-state index in [1.807, 2.05) is 19.9 Å². The average molecular weight is 332 g/mol. The number of hydrogen-bond donors (Lipinski definition) is 3. The first-order chi connectivity index (χ1) is 11.2. The van der Waals surface area contributed by atoms with Gasteiger partial charge in [-0.2, -0.15) is 0 Å². The summed E-state index contributed by atoms with van der Waals surface area (Å²) in [6.45, 7) is 7.21. The third-order valence-corrected chi connectivity index (χ3v) is 3.87. The molecular weight excluding hydrogens is 308 g/mol.